The number of methoxy groups -OCH3 is 3. The van der Waals surface area contributed by atoms with Gasteiger partial charge < -0.3 is 38.7 Å². The van der Waals surface area contributed by atoms with Crippen LogP contribution in [-0.2, 0) is 49.9 Å². The number of aliphatic hydroxyl groups is 1. The zero-order valence-corrected chi connectivity index (χ0v) is 38.6. The van der Waals surface area contributed by atoms with Gasteiger partial charge >= 0.3 is 17.9 Å². The van der Waals surface area contributed by atoms with Gasteiger partial charge in [0.25, 0.3) is 5.60 Å². The number of carbonyl (C=O) groups excluding carboxylic acids is 3. The molecular weight excluding hydrogens is 825 g/mol. The van der Waals surface area contributed by atoms with E-state index < -0.39 is 63.2 Å². The quantitative estimate of drug-likeness (QED) is 0.125. The summed E-state index contributed by atoms with van der Waals surface area (Å²) in [4.78, 5) is 54.4. The number of benzene rings is 2. The summed E-state index contributed by atoms with van der Waals surface area (Å²) in [6.07, 6.45) is 10.5. The summed E-state index contributed by atoms with van der Waals surface area (Å²) in [6, 6.07) is 16.6. The van der Waals surface area contributed by atoms with Gasteiger partial charge in [0, 0.05) is 86.9 Å². The van der Waals surface area contributed by atoms with E-state index in [4.69, 9.17) is 23.7 Å². The number of H-pyrrole nitrogens is 1. The first kappa shape index (κ1) is 42.8. The molecule has 2 N–H and O–H groups in total. The third-order valence-electron chi connectivity index (χ3n) is 17.6. The third-order valence-corrected chi connectivity index (χ3v) is 17.6. The zero-order valence-electron chi connectivity index (χ0n) is 38.6. The average Bonchev–Trinajstić information content (AvgIpc) is 3.56. The van der Waals surface area contributed by atoms with Gasteiger partial charge in [0.05, 0.1) is 31.3 Å². The SMILES string of the molecule is CC[C@]1(O)C[C@H]2CN(CCc3c([nH]c4ccc(-c5ccccc5)cc34)[C@@](C(=O)OC)(C3C=C4C(=CC3OC)N(C)[C@@]35O[C@]3(C(=O)OC)[C@H](OC(C)=O)[C@]3(CC)C=CCN6CC[C@]45[C@@H]63)C2)C1. The van der Waals surface area contributed by atoms with E-state index in [9.17, 15) is 14.7 Å². The van der Waals surface area contributed by atoms with Crippen molar-refractivity contribution >= 4 is 28.8 Å². The first-order chi connectivity index (χ1) is 31.3. The number of aromatic amines is 1. The molecule has 12 atom stereocenters. The highest BCUT2D eigenvalue weighted by atomic mass is 16.7. The molecule has 3 unspecified atom stereocenters. The van der Waals surface area contributed by atoms with Crippen molar-refractivity contribution < 1.29 is 43.2 Å². The van der Waals surface area contributed by atoms with E-state index in [2.05, 4.69) is 81.2 Å². The van der Waals surface area contributed by atoms with Crippen molar-refractivity contribution in [2.45, 2.75) is 99.9 Å². The van der Waals surface area contributed by atoms with E-state index in [-0.39, 0.29) is 17.9 Å². The van der Waals surface area contributed by atoms with Crippen molar-refractivity contribution in [1.82, 2.24) is 19.7 Å². The van der Waals surface area contributed by atoms with Crippen LogP contribution in [-0.4, -0.2) is 139 Å². The second-order valence-electron chi connectivity index (χ2n) is 20.3. The van der Waals surface area contributed by atoms with Crippen molar-refractivity contribution in [2.24, 2.45) is 22.7 Å². The Bertz CT molecular complexity index is 2590. The normalized spacial score (nSPS) is 39.8. The topological polar surface area (TPSA) is 146 Å². The number of hydrogen-bond donors (Lipinski definition) is 2. The number of nitrogens with zero attached hydrogens (tertiary/aromatic N) is 3. The lowest BCUT2D eigenvalue weighted by Gasteiger charge is -2.58. The monoisotopic (exact) mass is 886 g/mol. The number of rotatable bonds is 8. The Kier molecular flexibility index (Phi) is 9.62. The molecule has 2 aromatic carbocycles. The summed E-state index contributed by atoms with van der Waals surface area (Å²) < 4.78 is 31.9. The first-order valence-electron chi connectivity index (χ1n) is 23.6. The second-order valence-corrected chi connectivity index (χ2v) is 20.3. The number of hydrogen-bond acceptors (Lipinski definition) is 12. The fraction of sp³-hybridized carbons (Fsp3) is 0.558. The van der Waals surface area contributed by atoms with Gasteiger partial charge in [0.1, 0.15) is 5.41 Å². The summed E-state index contributed by atoms with van der Waals surface area (Å²) in [5.41, 5.74) is 0.0234. The van der Waals surface area contributed by atoms with Gasteiger partial charge in [0.2, 0.25) is 0 Å². The van der Waals surface area contributed by atoms with Gasteiger partial charge in [-0.05, 0) is 91.5 Å². The maximum Gasteiger partial charge on any atom is 0.347 e. The maximum absolute atomic E-state index is 15.7. The van der Waals surface area contributed by atoms with Crippen LogP contribution < -0.4 is 0 Å². The highest BCUT2D eigenvalue weighted by Gasteiger charge is 2.99. The molecule has 0 radical (unpaired) electrons. The minimum Gasteiger partial charge on any atom is -0.468 e. The van der Waals surface area contributed by atoms with E-state index in [1.807, 2.05) is 32.2 Å². The molecule has 11 rings (SSSR count). The molecule has 13 nitrogen and oxygen atoms in total. The van der Waals surface area contributed by atoms with Crippen molar-refractivity contribution in [3.05, 3.63) is 95.4 Å². The van der Waals surface area contributed by atoms with E-state index in [1.165, 1.54) is 21.1 Å². The summed E-state index contributed by atoms with van der Waals surface area (Å²) in [7, 11) is 6.51. The number of epoxide rings is 1. The smallest absolute Gasteiger partial charge is 0.347 e. The van der Waals surface area contributed by atoms with Crippen LogP contribution in [0.15, 0.2) is 84.1 Å². The Hall–Kier alpha value is -4.79. The van der Waals surface area contributed by atoms with Crippen LogP contribution in [0.2, 0.25) is 0 Å². The van der Waals surface area contributed by atoms with E-state index in [1.54, 1.807) is 7.11 Å². The van der Waals surface area contributed by atoms with Crippen LogP contribution in [0.25, 0.3) is 22.0 Å². The van der Waals surface area contributed by atoms with E-state index in [0.29, 0.717) is 64.7 Å². The predicted octanol–water partition coefficient (Wildman–Crippen LogP) is 5.67. The lowest BCUT2D eigenvalue weighted by molar-refractivity contribution is -0.182. The Morgan fingerprint density at radius 1 is 0.954 bits per heavy atom. The largest absolute Gasteiger partial charge is 0.468 e. The number of likely N-dealkylation sites (tertiary alicyclic amines) is 1. The van der Waals surface area contributed by atoms with Crippen LogP contribution >= 0.6 is 0 Å². The molecule has 0 amide bonds. The molecule has 8 aliphatic rings. The standard InChI is InChI=1S/C52H62N4O9/c1-8-47(60)27-32-28-49(45(58)62-6,42-35(18-22-55(29-32)30-47)36-24-34(16-17-39(36)53-42)33-14-11-10-12-15-33)38-25-37-40(26-41(38)61-5)54(4)52-50(37)20-23-56-21-13-19-48(9-2,43(50)56)44(64-31(3)57)51(52,65-52)46(59)63-7/h10-17,19,24-26,32,38,41,43-44,53,60H,8-9,18,20-23,27-30H2,1-7H3/t32-,38?,41?,43+,44-,47+,48-,49+,50-,51+,52+/m1/s1. The molecule has 1 saturated carbocycles. The molecule has 5 fully saturated rings. The molecule has 344 valence electrons. The van der Waals surface area contributed by atoms with Gasteiger partial charge in [-0.15, -0.1) is 0 Å². The van der Waals surface area contributed by atoms with Crippen LogP contribution in [0.3, 0.4) is 0 Å². The minimum atomic E-state index is -1.65. The number of ether oxygens (including phenoxy) is 5. The molecule has 65 heavy (non-hydrogen) atoms. The number of piperidine rings is 1. The Balaban J connectivity index is 1.18. The second kappa shape index (κ2) is 14.6. The van der Waals surface area contributed by atoms with Crippen LogP contribution in [0.1, 0.15) is 64.1 Å². The van der Waals surface area contributed by atoms with Gasteiger partial charge in [-0.3, -0.25) is 19.4 Å². The number of nitrogens with one attached hydrogen (secondary N) is 1. The van der Waals surface area contributed by atoms with Gasteiger partial charge in [0.15, 0.2) is 11.8 Å². The van der Waals surface area contributed by atoms with Crippen LogP contribution in [0.4, 0.5) is 0 Å². The molecule has 6 aliphatic heterocycles. The number of carbonyl (C=O) groups is 3. The molecule has 3 aromatic rings. The summed E-state index contributed by atoms with van der Waals surface area (Å²) in [5.74, 6) is -2.12. The predicted molar refractivity (Wildman–Crippen MR) is 242 cm³/mol. The first-order valence-corrected chi connectivity index (χ1v) is 23.6. The fourth-order valence-corrected chi connectivity index (χ4v) is 15.2. The fourth-order valence-electron chi connectivity index (χ4n) is 15.2. The van der Waals surface area contributed by atoms with E-state index >= 15 is 4.79 Å². The number of fused-ring (bicyclic) bond motifs is 6. The van der Waals surface area contributed by atoms with Crippen molar-refractivity contribution in [3.63, 3.8) is 0 Å². The molecule has 1 aromatic heterocycles. The Morgan fingerprint density at radius 3 is 2.45 bits per heavy atom. The number of allylic oxidation sites excluding steroid dienone is 1. The summed E-state index contributed by atoms with van der Waals surface area (Å²) in [6.45, 7) is 8.95. The number of aromatic nitrogens is 1. The number of likely N-dealkylation sites (N-methyl/N-ethyl adjacent to an activating group) is 1. The molecule has 13 heteroatoms. The molecule has 4 saturated heterocycles. The lowest BCUT2D eigenvalue weighted by Crippen LogP contribution is -2.73. The third kappa shape index (κ3) is 5.30. The molecule has 2 aliphatic carbocycles. The van der Waals surface area contributed by atoms with Gasteiger partial charge in [-0.25, -0.2) is 4.79 Å². The van der Waals surface area contributed by atoms with Crippen LogP contribution in [0, 0.1) is 22.7 Å². The minimum absolute atomic E-state index is 0.0711. The summed E-state index contributed by atoms with van der Waals surface area (Å²) in [5, 5.41) is 13.2. The molecular formula is C52H62N4O9. The van der Waals surface area contributed by atoms with Crippen molar-refractivity contribution in [1.29, 1.82) is 0 Å². The van der Waals surface area contributed by atoms with Gasteiger partial charge in [-0.1, -0.05) is 68.5 Å². The molecule has 2 spiro atoms. The van der Waals surface area contributed by atoms with Crippen LogP contribution in [0.5, 0.6) is 0 Å². The highest BCUT2D eigenvalue weighted by Crippen LogP contribution is 2.82. The number of esters is 3. The average molecular weight is 887 g/mol. The van der Waals surface area contributed by atoms with Gasteiger partial charge in [-0.2, -0.15) is 0 Å². The lowest BCUT2D eigenvalue weighted by atomic mass is 9.48. The Morgan fingerprint density at radius 2 is 1.74 bits per heavy atom. The highest BCUT2D eigenvalue weighted by molar-refractivity contribution is 5.94. The summed E-state index contributed by atoms with van der Waals surface area (Å²) >= 11 is 0. The maximum atomic E-state index is 15.7. The van der Waals surface area contributed by atoms with Crippen molar-refractivity contribution in [3.8, 4) is 11.1 Å². The Labute approximate surface area is 380 Å². The van der Waals surface area contributed by atoms with E-state index in [0.717, 1.165) is 51.1 Å². The molecule has 7 heterocycles. The zero-order chi connectivity index (χ0) is 45.5. The molecule has 2 bridgehead atoms. The van der Waals surface area contributed by atoms with Crippen molar-refractivity contribution in [2.75, 3.05) is 61.1 Å².